The van der Waals surface area contributed by atoms with Crippen molar-refractivity contribution in [3.8, 4) is 0 Å². The zero-order chi connectivity index (χ0) is 63.3. The number of nitrogens with zero attached hydrogens (tertiary/aromatic N) is 1. The molecule has 87 heavy (non-hydrogen) atoms. The second-order valence-corrected chi connectivity index (χ2v) is 26.2. The number of carbonyl (C=O) groups excluding carboxylic acids is 3. The number of quaternary nitrogens is 1. The minimum Gasteiger partial charge on any atom is -0.545 e. The molecule has 0 aromatic rings. The van der Waals surface area contributed by atoms with Crippen molar-refractivity contribution < 1.29 is 42.9 Å². The van der Waals surface area contributed by atoms with E-state index in [1.54, 1.807) is 0 Å². The van der Waals surface area contributed by atoms with E-state index in [1.807, 2.05) is 21.1 Å². The van der Waals surface area contributed by atoms with Gasteiger partial charge in [-0.15, -0.1) is 0 Å². The molecule has 0 aliphatic heterocycles. The molecule has 0 N–H and O–H groups in total. The molecule has 0 aliphatic carbocycles. The van der Waals surface area contributed by atoms with Gasteiger partial charge in [-0.2, -0.15) is 0 Å². The van der Waals surface area contributed by atoms with E-state index in [4.69, 9.17) is 18.9 Å². The maximum atomic E-state index is 13.0. The smallest absolute Gasteiger partial charge is 0.306 e. The first-order chi connectivity index (χ1) is 42.6. The number of aliphatic carboxylic acids is 1. The Balaban J connectivity index is 4.05. The molecule has 0 saturated heterocycles. The Labute approximate surface area is 538 Å². The summed E-state index contributed by atoms with van der Waals surface area (Å²) < 4.78 is 22.8. The van der Waals surface area contributed by atoms with Crippen LogP contribution in [0.2, 0.25) is 0 Å². The molecule has 0 fully saturated rings. The number of allylic oxidation sites excluding steroid dienone is 12. The molecule has 2 atom stereocenters. The number of carboxylic acids is 1. The van der Waals surface area contributed by atoms with Gasteiger partial charge in [0.1, 0.15) is 13.2 Å². The predicted octanol–water partition coefficient (Wildman–Crippen LogP) is 21.9. The van der Waals surface area contributed by atoms with Gasteiger partial charge in [-0.05, 0) is 83.5 Å². The van der Waals surface area contributed by atoms with E-state index in [-0.39, 0.29) is 32.2 Å². The second-order valence-electron chi connectivity index (χ2n) is 26.2. The van der Waals surface area contributed by atoms with E-state index in [0.717, 1.165) is 64.2 Å². The van der Waals surface area contributed by atoms with E-state index < -0.39 is 24.3 Å². The predicted molar refractivity (Wildman–Crippen MR) is 371 cm³/mol. The zero-order valence-corrected chi connectivity index (χ0v) is 57.9. The van der Waals surface area contributed by atoms with Crippen molar-refractivity contribution in [3.63, 3.8) is 0 Å². The number of hydrogen-bond acceptors (Lipinski definition) is 8. The number of unbranched alkanes of at least 4 members (excludes halogenated alkanes) is 42. The van der Waals surface area contributed by atoms with Gasteiger partial charge < -0.3 is 33.3 Å². The molecular weight excluding hydrogens is 1080 g/mol. The highest BCUT2D eigenvalue weighted by Crippen LogP contribution is 2.18. The average molecular weight is 1220 g/mol. The maximum Gasteiger partial charge on any atom is 0.306 e. The summed E-state index contributed by atoms with van der Waals surface area (Å²) in [6.07, 6.45) is 88.6. The van der Waals surface area contributed by atoms with Crippen molar-refractivity contribution >= 4 is 17.9 Å². The number of carboxylic acid groups (broad SMARTS) is 1. The molecule has 9 heteroatoms. The van der Waals surface area contributed by atoms with Crippen LogP contribution >= 0.6 is 0 Å². The summed E-state index contributed by atoms with van der Waals surface area (Å²) in [6.45, 7) is 4.69. The van der Waals surface area contributed by atoms with Gasteiger partial charge in [0.25, 0.3) is 0 Å². The van der Waals surface area contributed by atoms with Crippen LogP contribution in [0.4, 0.5) is 0 Å². The summed E-state index contributed by atoms with van der Waals surface area (Å²) in [5, 5.41) is 11.8. The third-order valence-electron chi connectivity index (χ3n) is 16.4. The first-order valence-electron chi connectivity index (χ1n) is 37.1. The lowest BCUT2D eigenvalue weighted by molar-refractivity contribution is -0.870. The molecule has 506 valence electrons. The number of ether oxygens (including phenoxy) is 4. The van der Waals surface area contributed by atoms with Gasteiger partial charge in [0.05, 0.1) is 40.3 Å². The van der Waals surface area contributed by atoms with Gasteiger partial charge in [-0.3, -0.25) is 9.59 Å². The highest BCUT2D eigenvalue weighted by Gasteiger charge is 2.22. The standard InChI is InChI=1S/C78H141NO8/c1-6-8-10-12-14-16-18-20-22-24-26-28-30-32-34-36-37-38-39-41-43-45-47-49-51-53-55-57-59-61-63-65-67-69-76(81)87-74(73-86-78(77(82)83)84-71-70-79(3,4)5)72-85-75(80)68-66-64-62-60-58-56-54-52-50-48-46-44-42-40-35-33-31-29-27-25-23-21-19-17-15-13-11-9-7-2/h8,10,14,16,20,22,25-28,32,34,74,78H,6-7,9,11-13,15,17-19,21,23-24,29-31,33,35-73H2,1-5H3/b10-8-,16-14-,22-20-,27-25-,28-26-,34-32-. The summed E-state index contributed by atoms with van der Waals surface area (Å²) in [5.41, 5.74) is 0. The number of likely N-dealkylation sites (N-methyl/N-ethyl adjacent to an activating group) is 1. The van der Waals surface area contributed by atoms with Crippen molar-refractivity contribution in [3.05, 3.63) is 72.9 Å². The fourth-order valence-corrected chi connectivity index (χ4v) is 10.8. The molecule has 0 spiro atoms. The molecule has 0 aliphatic rings. The van der Waals surface area contributed by atoms with Crippen molar-refractivity contribution in [2.75, 3.05) is 47.5 Å². The lowest BCUT2D eigenvalue weighted by Gasteiger charge is -2.26. The molecule has 0 aromatic heterocycles. The van der Waals surface area contributed by atoms with Gasteiger partial charge in [0.15, 0.2) is 12.4 Å². The first-order valence-corrected chi connectivity index (χ1v) is 37.1. The van der Waals surface area contributed by atoms with Crippen molar-refractivity contribution in [1.29, 1.82) is 0 Å². The Morgan fingerprint density at radius 1 is 0.356 bits per heavy atom. The van der Waals surface area contributed by atoms with Crippen molar-refractivity contribution in [2.45, 2.75) is 360 Å². The van der Waals surface area contributed by atoms with Gasteiger partial charge in [-0.25, -0.2) is 0 Å². The van der Waals surface area contributed by atoms with Crippen LogP contribution in [0, 0.1) is 0 Å². The highest BCUT2D eigenvalue weighted by atomic mass is 16.7. The van der Waals surface area contributed by atoms with Crippen LogP contribution in [-0.2, 0) is 33.3 Å². The molecular formula is C78H141NO8. The van der Waals surface area contributed by atoms with Crippen molar-refractivity contribution in [2.24, 2.45) is 0 Å². The molecule has 0 rings (SSSR count). The van der Waals surface area contributed by atoms with Gasteiger partial charge in [0, 0.05) is 12.8 Å². The monoisotopic (exact) mass is 1220 g/mol. The lowest BCUT2D eigenvalue weighted by Crippen LogP contribution is -2.44. The van der Waals surface area contributed by atoms with Gasteiger partial charge in [-0.1, -0.05) is 324 Å². The zero-order valence-electron chi connectivity index (χ0n) is 57.9. The second kappa shape index (κ2) is 68.6. The fraction of sp³-hybridized carbons (Fsp3) is 0.808. The first kappa shape index (κ1) is 83.7. The Hall–Kier alpha value is -3.27. The Bertz CT molecular complexity index is 1660. The van der Waals surface area contributed by atoms with Crippen LogP contribution in [0.3, 0.4) is 0 Å². The molecule has 0 aromatic carbocycles. The molecule has 2 unspecified atom stereocenters. The Morgan fingerprint density at radius 3 is 0.989 bits per heavy atom. The van der Waals surface area contributed by atoms with E-state index in [2.05, 4.69) is 86.8 Å². The quantitative estimate of drug-likeness (QED) is 0.0195. The molecule has 0 saturated carbocycles. The van der Waals surface area contributed by atoms with E-state index in [1.165, 1.54) is 250 Å². The third kappa shape index (κ3) is 70.1. The third-order valence-corrected chi connectivity index (χ3v) is 16.4. The average Bonchev–Trinajstić information content (AvgIpc) is 3.59. The molecule has 0 bridgehead atoms. The SMILES string of the molecule is CC/C=C\C/C=C\C/C=C\C/C=C\C/C=C\CCCCCCCCCCCCCCCCCCCC(=O)OC(COC(=O)CCCCCCCCCCCCCCCCCCC/C=C\CCCCCCCCCC)COC(OCC[N+](C)(C)C)C(=O)[O-]. The fourth-order valence-electron chi connectivity index (χ4n) is 10.8. The molecule has 0 amide bonds. The van der Waals surface area contributed by atoms with Crippen LogP contribution in [0.25, 0.3) is 0 Å². The summed E-state index contributed by atoms with van der Waals surface area (Å²) in [4.78, 5) is 37.5. The van der Waals surface area contributed by atoms with Gasteiger partial charge >= 0.3 is 11.9 Å². The van der Waals surface area contributed by atoms with Crippen molar-refractivity contribution in [1.82, 2.24) is 0 Å². The molecule has 0 radical (unpaired) electrons. The normalized spacial score (nSPS) is 13.1. The molecule has 9 nitrogen and oxygen atoms in total. The largest absolute Gasteiger partial charge is 0.545 e. The number of carbonyl (C=O) groups is 3. The minimum absolute atomic E-state index is 0.148. The van der Waals surface area contributed by atoms with Crippen LogP contribution in [0.15, 0.2) is 72.9 Å². The maximum absolute atomic E-state index is 13.0. The van der Waals surface area contributed by atoms with E-state index in [0.29, 0.717) is 23.9 Å². The van der Waals surface area contributed by atoms with Crippen LogP contribution < -0.4 is 5.11 Å². The van der Waals surface area contributed by atoms with E-state index in [9.17, 15) is 19.5 Å². The summed E-state index contributed by atoms with van der Waals surface area (Å²) in [5.74, 6) is -2.26. The molecule has 0 heterocycles. The van der Waals surface area contributed by atoms with Crippen LogP contribution in [-0.4, -0.2) is 82.3 Å². The highest BCUT2D eigenvalue weighted by molar-refractivity contribution is 5.70. The summed E-state index contributed by atoms with van der Waals surface area (Å²) in [6, 6.07) is 0. The number of rotatable bonds is 69. The number of hydrogen-bond donors (Lipinski definition) is 0. The van der Waals surface area contributed by atoms with Crippen LogP contribution in [0.1, 0.15) is 348 Å². The van der Waals surface area contributed by atoms with E-state index >= 15 is 0 Å². The number of esters is 2. The summed E-state index contributed by atoms with van der Waals surface area (Å²) >= 11 is 0. The van der Waals surface area contributed by atoms with Crippen LogP contribution in [0.5, 0.6) is 0 Å². The topological polar surface area (TPSA) is 111 Å². The Kier molecular flexibility index (Phi) is 66.1. The Morgan fingerprint density at radius 2 is 0.655 bits per heavy atom. The minimum atomic E-state index is -1.62. The summed E-state index contributed by atoms with van der Waals surface area (Å²) in [7, 11) is 5.94. The lowest BCUT2D eigenvalue weighted by atomic mass is 10.0. The van der Waals surface area contributed by atoms with Gasteiger partial charge in [0.2, 0.25) is 0 Å².